The summed E-state index contributed by atoms with van der Waals surface area (Å²) in [6, 6.07) is 4.83. The summed E-state index contributed by atoms with van der Waals surface area (Å²) in [5.41, 5.74) is 0.607. The maximum absolute atomic E-state index is 11.1. The Hall–Kier alpha value is -2.05. The molecule has 0 spiro atoms. The van der Waals surface area contributed by atoms with E-state index in [-0.39, 0.29) is 12.2 Å². The van der Waals surface area contributed by atoms with Crippen LogP contribution >= 0.6 is 7.60 Å². The van der Waals surface area contributed by atoms with Gasteiger partial charge >= 0.3 is 19.7 Å². The zero-order valence-electron chi connectivity index (χ0n) is 11.5. The predicted octanol–water partition coefficient (Wildman–Crippen LogP) is 1.23. The quantitative estimate of drug-likeness (QED) is 0.674. The number of aliphatic carboxylic acids is 1. The zero-order valence-corrected chi connectivity index (χ0v) is 12.4. The van der Waals surface area contributed by atoms with Gasteiger partial charge in [0.15, 0.2) is 0 Å². The Balaban J connectivity index is 2.74. The molecule has 0 aliphatic carbocycles. The van der Waals surface area contributed by atoms with Gasteiger partial charge in [-0.25, -0.2) is 14.2 Å². The van der Waals surface area contributed by atoms with Gasteiger partial charge in [0.05, 0.1) is 7.11 Å². The summed E-state index contributed by atoms with van der Waals surface area (Å²) in [6.45, 7) is 1.06. The number of amides is 1. The van der Waals surface area contributed by atoms with Gasteiger partial charge in [0, 0.05) is 13.1 Å². The van der Waals surface area contributed by atoms with Crippen LogP contribution in [0.3, 0.4) is 0 Å². The van der Waals surface area contributed by atoms with Crippen molar-refractivity contribution in [2.75, 3.05) is 13.8 Å². The Bertz CT molecular complexity index is 551. The molecule has 0 saturated heterocycles. The van der Waals surface area contributed by atoms with Crippen molar-refractivity contribution in [3.63, 3.8) is 0 Å². The van der Waals surface area contributed by atoms with E-state index >= 15 is 0 Å². The molecule has 1 aromatic carbocycles. The third-order valence-corrected chi connectivity index (χ3v) is 2.96. The number of carbonyl (C=O) groups is 2. The van der Waals surface area contributed by atoms with Crippen molar-refractivity contribution in [1.29, 1.82) is 0 Å². The lowest BCUT2D eigenvalue weighted by molar-refractivity contribution is -0.139. The van der Waals surface area contributed by atoms with E-state index in [2.05, 4.69) is 10.1 Å². The van der Waals surface area contributed by atoms with Gasteiger partial charge in [0.2, 0.25) is 0 Å². The normalized spacial score (nSPS) is 14.6. The molecule has 8 nitrogen and oxygen atoms in total. The minimum Gasteiger partial charge on any atom is -0.480 e. The number of hydrogen-bond acceptors (Lipinski definition) is 5. The molecule has 0 bridgehead atoms. The van der Waals surface area contributed by atoms with Crippen LogP contribution in [0.15, 0.2) is 24.3 Å². The second kappa shape index (κ2) is 7.10. The number of hydrogen-bond donors (Lipinski definition) is 3. The smallest absolute Gasteiger partial charge is 0.407 e. The van der Waals surface area contributed by atoms with E-state index in [0.29, 0.717) is 5.56 Å². The van der Waals surface area contributed by atoms with Gasteiger partial charge < -0.3 is 24.6 Å². The average molecular weight is 317 g/mol. The lowest BCUT2D eigenvalue weighted by Gasteiger charge is -2.14. The summed E-state index contributed by atoms with van der Waals surface area (Å²) in [5.74, 6) is -1.01. The number of ether oxygens (including phenoxy) is 1. The summed E-state index contributed by atoms with van der Waals surface area (Å²) >= 11 is 0. The highest BCUT2D eigenvalue weighted by Gasteiger charge is 2.21. The van der Waals surface area contributed by atoms with Gasteiger partial charge in [0.1, 0.15) is 11.8 Å². The van der Waals surface area contributed by atoms with Crippen LogP contribution in [-0.2, 0) is 20.5 Å². The Morgan fingerprint density at radius 2 is 1.90 bits per heavy atom. The first kappa shape index (κ1) is 17.0. The minimum atomic E-state index is -3.64. The first-order valence-corrected chi connectivity index (χ1v) is 7.90. The molecule has 0 fully saturated rings. The molecular formula is C12H16NO7P. The molecule has 0 aliphatic heterocycles. The minimum absolute atomic E-state index is 0.0353. The van der Waals surface area contributed by atoms with Gasteiger partial charge in [-0.05, 0) is 17.7 Å². The van der Waals surface area contributed by atoms with Crippen molar-refractivity contribution in [1.82, 2.24) is 5.32 Å². The van der Waals surface area contributed by atoms with Crippen LogP contribution in [0.5, 0.6) is 5.75 Å². The first-order chi connectivity index (χ1) is 9.71. The van der Waals surface area contributed by atoms with Gasteiger partial charge in [-0.3, -0.25) is 0 Å². The maximum Gasteiger partial charge on any atom is 0.407 e. The van der Waals surface area contributed by atoms with Gasteiger partial charge in [-0.1, -0.05) is 12.1 Å². The fourth-order valence-corrected chi connectivity index (χ4v) is 2.03. The topological polar surface area (TPSA) is 122 Å². The molecule has 1 unspecified atom stereocenters. The average Bonchev–Trinajstić information content (AvgIpc) is 2.38. The number of nitrogens with one attached hydrogen (secondary N) is 1. The second-order valence-electron chi connectivity index (χ2n) is 4.27. The zero-order chi connectivity index (χ0) is 16.0. The highest BCUT2D eigenvalue weighted by atomic mass is 31.2. The summed E-state index contributed by atoms with van der Waals surface area (Å²) in [5, 5.41) is 11.2. The number of rotatable bonds is 6. The van der Waals surface area contributed by atoms with Crippen molar-refractivity contribution in [2.24, 2.45) is 0 Å². The fraction of sp³-hybridized carbons (Fsp3) is 0.333. The van der Waals surface area contributed by atoms with Crippen LogP contribution < -0.4 is 9.84 Å². The van der Waals surface area contributed by atoms with E-state index < -0.39 is 25.7 Å². The van der Waals surface area contributed by atoms with E-state index in [1.165, 1.54) is 12.1 Å². The Kier molecular flexibility index (Phi) is 5.75. The number of alkyl carbamates (subject to hydrolysis) is 1. The van der Waals surface area contributed by atoms with E-state index in [4.69, 9.17) is 14.5 Å². The van der Waals surface area contributed by atoms with Gasteiger partial charge in [-0.2, -0.15) is 0 Å². The SMILES string of the molecule is COC(=O)N[C@@H](Cc1ccc(OP(C)(=O)O)cc1)C(=O)O. The number of carboxylic acids is 1. The predicted molar refractivity (Wildman–Crippen MR) is 73.5 cm³/mol. The summed E-state index contributed by atoms with van der Waals surface area (Å²) < 4.78 is 20.2. The van der Waals surface area contributed by atoms with Gasteiger partial charge in [-0.15, -0.1) is 0 Å². The molecule has 3 N–H and O–H groups in total. The van der Waals surface area contributed by atoms with Gasteiger partial charge in [0.25, 0.3) is 0 Å². The first-order valence-electron chi connectivity index (χ1n) is 5.87. The maximum atomic E-state index is 11.1. The van der Waals surface area contributed by atoms with Crippen molar-refractivity contribution in [2.45, 2.75) is 12.5 Å². The van der Waals surface area contributed by atoms with Crippen molar-refractivity contribution >= 4 is 19.7 Å². The molecule has 1 aromatic rings. The Labute approximate surface area is 121 Å². The molecule has 1 rings (SSSR count). The summed E-state index contributed by atoms with van der Waals surface area (Å²) in [6.07, 6.45) is -0.803. The number of benzene rings is 1. The summed E-state index contributed by atoms with van der Waals surface area (Å²) in [7, 11) is -2.50. The molecule has 2 atom stereocenters. The Morgan fingerprint density at radius 1 is 1.33 bits per heavy atom. The highest BCUT2D eigenvalue weighted by Crippen LogP contribution is 2.37. The monoisotopic (exact) mass is 317 g/mol. The lowest BCUT2D eigenvalue weighted by atomic mass is 10.1. The molecule has 0 aliphatic rings. The van der Waals surface area contributed by atoms with E-state index in [1.807, 2.05) is 0 Å². The second-order valence-corrected chi connectivity index (χ2v) is 6.06. The number of methoxy groups -OCH3 is 1. The van der Waals surface area contributed by atoms with E-state index in [9.17, 15) is 14.2 Å². The van der Waals surface area contributed by atoms with Crippen molar-refractivity contribution < 1.29 is 33.4 Å². The summed E-state index contributed by atoms with van der Waals surface area (Å²) in [4.78, 5) is 31.2. The molecule has 21 heavy (non-hydrogen) atoms. The van der Waals surface area contributed by atoms with Crippen molar-refractivity contribution in [3.05, 3.63) is 29.8 Å². The largest absolute Gasteiger partial charge is 0.480 e. The molecule has 9 heteroatoms. The highest BCUT2D eigenvalue weighted by molar-refractivity contribution is 7.52. The standard InChI is InChI=1S/C12H16NO7P/c1-19-12(16)13-10(11(14)15)7-8-3-5-9(6-4-8)20-21(2,17)18/h3-6,10H,7H2,1-2H3,(H,13,16)(H,14,15)(H,17,18)/t10-/m0/s1. The molecule has 116 valence electrons. The third-order valence-electron chi connectivity index (χ3n) is 2.41. The fourth-order valence-electron chi connectivity index (χ4n) is 1.52. The van der Waals surface area contributed by atoms with Crippen LogP contribution in [0.4, 0.5) is 4.79 Å². The van der Waals surface area contributed by atoms with Crippen LogP contribution in [0.25, 0.3) is 0 Å². The van der Waals surface area contributed by atoms with E-state index in [0.717, 1.165) is 13.8 Å². The van der Waals surface area contributed by atoms with Crippen LogP contribution in [0.2, 0.25) is 0 Å². The molecule has 0 heterocycles. The number of carboxylic acid groups (broad SMARTS) is 1. The molecule has 0 radical (unpaired) electrons. The molecule has 0 aromatic heterocycles. The van der Waals surface area contributed by atoms with Crippen LogP contribution in [0.1, 0.15) is 5.56 Å². The lowest BCUT2D eigenvalue weighted by Crippen LogP contribution is -2.42. The number of carbonyl (C=O) groups excluding carboxylic acids is 1. The van der Waals surface area contributed by atoms with Crippen LogP contribution in [-0.4, -0.2) is 41.9 Å². The molecule has 0 saturated carbocycles. The third kappa shape index (κ3) is 6.29. The van der Waals surface area contributed by atoms with E-state index in [1.54, 1.807) is 12.1 Å². The molecule has 1 amide bonds. The van der Waals surface area contributed by atoms with Crippen LogP contribution in [0, 0.1) is 0 Å². The molecular weight excluding hydrogens is 301 g/mol. The Morgan fingerprint density at radius 3 is 2.33 bits per heavy atom. The van der Waals surface area contributed by atoms with Crippen molar-refractivity contribution in [3.8, 4) is 5.75 Å².